The van der Waals surface area contributed by atoms with Crippen LogP contribution in [-0.4, -0.2) is 30.5 Å². The van der Waals surface area contributed by atoms with Crippen molar-refractivity contribution in [3.8, 4) is 11.8 Å². The lowest BCUT2D eigenvalue weighted by atomic mass is 9.94. The van der Waals surface area contributed by atoms with Crippen LogP contribution in [0, 0.1) is 0 Å². The molecule has 0 spiro atoms. The first-order chi connectivity index (χ1) is 13.3. The Hall–Kier alpha value is -3.24. The third kappa shape index (κ3) is 3.23. The number of Topliss-reactive ketones (excluding diaryl/α,β-unsaturated/α-hetero) is 1. The third-order valence-electron chi connectivity index (χ3n) is 4.57. The van der Waals surface area contributed by atoms with Gasteiger partial charge in [0.05, 0.1) is 5.56 Å². The Balaban J connectivity index is 1.79. The van der Waals surface area contributed by atoms with Crippen LogP contribution in [0.15, 0.2) is 24.7 Å². The maximum absolute atomic E-state index is 12.9. The highest BCUT2D eigenvalue weighted by Gasteiger charge is 2.32. The van der Waals surface area contributed by atoms with Gasteiger partial charge in [-0.15, -0.1) is 5.10 Å². The van der Waals surface area contributed by atoms with Crippen molar-refractivity contribution in [3.63, 3.8) is 0 Å². The number of pyridine rings is 1. The number of fused-ring (bicyclic) bond motifs is 1. The molecule has 146 valence electrons. The van der Waals surface area contributed by atoms with E-state index in [0.29, 0.717) is 12.8 Å². The summed E-state index contributed by atoms with van der Waals surface area (Å²) >= 11 is 0. The Morgan fingerprint density at radius 3 is 2.79 bits per heavy atom. The van der Waals surface area contributed by atoms with Crippen molar-refractivity contribution in [2.75, 3.05) is 5.73 Å². The first-order valence-corrected chi connectivity index (χ1v) is 8.57. The number of rotatable bonds is 3. The molecule has 3 aromatic heterocycles. The molecular formula is C17H15F3N6O2. The lowest BCUT2D eigenvalue weighted by Gasteiger charge is -2.20. The fourth-order valence-electron chi connectivity index (χ4n) is 3.22. The van der Waals surface area contributed by atoms with Crippen LogP contribution in [0.3, 0.4) is 0 Å². The number of aromatic nitrogens is 5. The van der Waals surface area contributed by atoms with Gasteiger partial charge in [0.15, 0.2) is 11.4 Å². The molecule has 1 aliphatic carbocycles. The molecule has 3 aromatic rings. The highest BCUT2D eigenvalue weighted by Crippen LogP contribution is 2.36. The van der Waals surface area contributed by atoms with Crippen molar-refractivity contribution in [1.29, 1.82) is 0 Å². The second kappa shape index (κ2) is 6.73. The van der Waals surface area contributed by atoms with E-state index in [9.17, 15) is 18.0 Å². The summed E-state index contributed by atoms with van der Waals surface area (Å²) in [4.78, 5) is 24.2. The molecule has 11 heteroatoms. The van der Waals surface area contributed by atoms with Gasteiger partial charge in [0, 0.05) is 18.7 Å². The molecule has 1 unspecified atom stereocenters. The molecule has 0 bridgehead atoms. The van der Waals surface area contributed by atoms with Crippen LogP contribution < -0.4 is 10.5 Å². The molecule has 28 heavy (non-hydrogen) atoms. The van der Waals surface area contributed by atoms with Crippen LogP contribution in [-0.2, 0) is 11.0 Å². The molecule has 0 saturated heterocycles. The van der Waals surface area contributed by atoms with Crippen LogP contribution >= 0.6 is 0 Å². The van der Waals surface area contributed by atoms with Gasteiger partial charge < -0.3 is 10.5 Å². The zero-order valence-electron chi connectivity index (χ0n) is 14.5. The van der Waals surface area contributed by atoms with Crippen molar-refractivity contribution < 1.29 is 22.7 Å². The summed E-state index contributed by atoms with van der Waals surface area (Å²) in [6, 6.07) is 1.07. The molecule has 1 aliphatic rings. The summed E-state index contributed by atoms with van der Waals surface area (Å²) in [5.74, 6) is -0.351. The van der Waals surface area contributed by atoms with E-state index in [0.717, 1.165) is 31.2 Å². The summed E-state index contributed by atoms with van der Waals surface area (Å²) < 4.78 is 45.7. The van der Waals surface area contributed by atoms with Gasteiger partial charge in [-0.25, -0.2) is 19.6 Å². The lowest BCUT2D eigenvalue weighted by Crippen LogP contribution is -2.24. The monoisotopic (exact) mass is 392 g/mol. The number of nitrogens with zero attached hydrogens (tertiary/aromatic N) is 5. The highest BCUT2D eigenvalue weighted by molar-refractivity contribution is 5.92. The molecule has 4 rings (SSSR count). The van der Waals surface area contributed by atoms with Gasteiger partial charge in [-0.1, -0.05) is 6.42 Å². The number of hydrogen-bond acceptors (Lipinski definition) is 7. The number of alkyl halides is 3. The van der Waals surface area contributed by atoms with Crippen LogP contribution in [0.25, 0.3) is 11.0 Å². The second-order valence-electron chi connectivity index (χ2n) is 6.42. The predicted octanol–water partition coefficient (Wildman–Crippen LogP) is 3.30. The van der Waals surface area contributed by atoms with Gasteiger partial charge in [-0.05, 0) is 18.9 Å². The van der Waals surface area contributed by atoms with Crippen LogP contribution in [0.2, 0.25) is 0 Å². The molecule has 0 aliphatic heterocycles. The van der Waals surface area contributed by atoms with Gasteiger partial charge in [-0.2, -0.15) is 13.2 Å². The standard InChI is InChI=1S/C17H15F3N6O2/c18-17(19,20)9-5-6-22-12(7-9)28-16-13-14(21)23-8-24-15(13)26(25-16)10-3-1-2-4-11(10)27/h5-8,10H,1-4H2,(H2,21,23,24). The SMILES string of the molecule is Nc1ncnc2c1c(Oc1cc(C(F)(F)F)ccn1)nn2C1CCCCC1=O. The molecule has 8 nitrogen and oxygen atoms in total. The largest absolute Gasteiger partial charge is 0.418 e. The maximum atomic E-state index is 12.9. The fraction of sp³-hybridized carbons (Fsp3) is 0.353. The first-order valence-electron chi connectivity index (χ1n) is 8.57. The quantitative estimate of drug-likeness (QED) is 0.728. The minimum absolute atomic E-state index is 0.0107. The average Bonchev–Trinajstić information content (AvgIpc) is 3.01. The Morgan fingerprint density at radius 2 is 2.04 bits per heavy atom. The van der Waals surface area contributed by atoms with Crippen LogP contribution in [0.5, 0.6) is 11.8 Å². The Labute approximate surface area is 156 Å². The van der Waals surface area contributed by atoms with E-state index in [1.165, 1.54) is 11.0 Å². The molecular weight excluding hydrogens is 377 g/mol. The highest BCUT2D eigenvalue weighted by atomic mass is 19.4. The van der Waals surface area contributed by atoms with Crippen molar-refractivity contribution in [2.24, 2.45) is 0 Å². The zero-order valence-corrected chi connectivity index (χ0v) is 14.5. The summed E-state index contributed by atoms with van der Waals surface area (Å²) in [6.07, 6.45) is 0.349. The van der Waals surface area contributed by atoms with Gasteiger partial charge in [0.1, 0.15) is 23.6 Å². The van der Waals surface area contributed by atoms with E-state index in [1.54, 1.807) is 0 Å². The third-order valence-corrected chi connectivity index (χ3v) is 4.57. The molecule has 1 fully saturated rings. The van der Waals surface area contributed by atoms with E-state index in [2.05, 4.69) is 20.1 Å². The van der Waals surface area contributed by atoms with Crippen LogP contribution in [0.4, 0.5) is 19.0 Å². The van der Waals surface area contributed by atoms with Crippen molar-refractivity contribution in [2.45, 2.75) is 37.9 Å². The normalized spacial score (nSPS) is 17.8. The second-order valence-corrected chi connectivity index (χ2v) is 6.42. The first kappa shape index (κ1) is 18.1. The summed E-state index contributed by atoms with van der Waals surface area (Å²) in [5.41, 5.74) is 5.30. The fourth-order valence-corrected chi connectivity index (χ4v) is 3.22. The van der Waals surface area contributed by atoms with Crippen LogP contribution in [0.1, 0.15) is 37.3 Å². The van der Waals surface area contributed by atoms with Crippen molar-refractivity contribution in [1.82, 2.24) is 24.7 Å². The Bertz CT molecular complexity index is 1050. The van der Waals surface area contributed by atoms with E-state index in [1.807, 2.05) is 0 Å². The average molecular weight is 392 g/mol. The van der Waals surface area contributed by atoms with Crippen molar-refractivity contribution >= 4 is 22.6 Å². The summed E-state index contributed by atoms with van der Waals surface area (Å²) in [7, 11) is 0. The number of carbonyl (C=O) groups excluding carboxylic acids is 1. The number of anilines is 1. The number of carbonyl (C=O) groups is 1. The molecule has 1 saturated carbocycles. The van der Waals surface area contributed by atoms with Gasteiger partial charge in [0.2, 0.25) is 5.88 Å². The summed E-state index contributed by atoms with van der Waals surface area (Å²) in [6.45, 7) is 0. The zero-order chi connectivity index (χ0) is 19.9. The maximum Gasteiger partial charge on any atom is 0.416 e. The number of ether oxygens (including phenoxy) is 1. The smallest absolute Gasteiger partial charge is 0.416 e. The molecule has 0 amide bonds. The van der Waals surface area contributed by atoms with Crippen molar-refractivity contribution in [3.05, 3.63) is 30.2 Å². The van der Waals surface area contributed by atoms with Gasteiger partial charge in [0.25, 0.3) is 5.88 Å². The molecule has 1 atom stereocenters. The number of halogens is 3. The topological polar surface area (TPSA) is 109 Å². The van der Waals surface area contributed by atoms with Gasteiger partial charge >= 0.3 is 6.18 Å². The van der Waals surface area contributed by atoms with E-state index in [4.69, 9.17) is 10.5 Å². The number of nitrogens with two attached hydrogens (primary N) is 1. The molecule has 0 radical (unpaired) electrons. The minimum Gasteiger partial charge on any atom is -0.418 e. The minimum atomic E-state index is -4.54. The molecule has 2 N–H and O–H groups in total. The summed E-state index contributed by atoms with van der Waals surface area (Å²) in [5, 5.41) is 4.50. The Kier molecular flexibility index (Phi) is 4.36. The molecule has 0 aromatic carbocycles. The molecule has 3 heterocycles. The Morgan fingerprint density at radius 1 is 1.21 bits per heavy atom. The lowest BCUT2D eigenvalue weighted by molar-refractivity contribution is -0.137. The predicted molar refractivity (Wildman–Crippen MR) is 91.6 cm³/mol. The van der Waals surface area contributed by atoms with E-state index >= 15 is 0 Å². The number of hydrogen-bond donors (Lipinski definition) is 1. The van der Waals surface area contributed by atoms with E-state index < -0.39 is 17.8 Å². The number of ketones is 1. The van der Waals surface area contributed by atoms with E-state index in [-0.39, 0.29) is 34.4 Å². The van der Waals surface area contributed by atoms with Gasteiger partial charge in [-0.3, -0.25) is 4.79 Å². The number of nitrogen functional groups attached to an aromatic ring is 1.